The van der Waals surface area contributed by atoms with Crippen LogP contribution >= 0.6 is 0 Å². The highest BCUT2D eigenvalue weighted by atomic mass is 16.6. The highest BCUT2D eigenvalue weighted by Crippen LogP contribution is 2.19. The molecule has 0 aromatic rings. The number of carbonyl (C=O) groups is 2. The van der Waals surface area contributed by atoms with Gasteiger partial charge in [-0.2, -0.15) is 0 Å². The van der Waals surface area contributed by atoms with Crippen molar-refractivity contribution in [3.05, 3.63) is 0 Å². The molecule has 0 aromatic carbocycles. The van der Waals surface area contributed by atoms with E-state index in [1.54, 1.807) is 0 Å². The van der Waals surface area contributed by atoms with Crippen molar-refractivity contribution in [1.29, 1.82) is 0 Å². The molecule has 346 valence electrons. The molecule has 0 fully saturated rings. The Labute approximate surface area is 356 Å². The van der Waals surface area contributed by atoms with Crippen LogP contribution in [-0.2, 0) is 47.5 Å². The van der Waals surface area contributed by atoms with Crippen LogP contribution in [0.1, 0.15) is 182 Å². The summed E-state index contributed by atoms with van der Waals surface area (Å²) in [5.74, 6) is 0.905. The summed E-state index contributed by atoms with van der Waals surface area (Å²) < 4.78 is 45.8. The first-order valence-corrected chi connectivity index (χ1v) is 24.0. The van der Waals surface area contributed by atoms with Crippen LogP contribution in [0.3, 0.4) is 0 Å². The molecule has 0 rings (SSSR count). The second-order valence-corrected chi connectivity index (χ2v) is 15.9. The molecule has 2 N–H and O–H groups in total. The van der Waals surface area contributed by atoms with E-state index in [1.165, 1.54) is 64.2 Å². The van der Waals surface area contributed by atoms with Crippen molar-refractivity contribution in [2.24, 2.45) is 17.6 Å². The Hall–Kier alpha value is -1.34. The SMILES string of the molecule is CCCCCC(CCCCC)COC(=O)CCCCCCCOC(COCCCCCCCC(=O)OCC(CC)CCCC)COCCOCCOCCOCCN. The molecular formula is C47H93NO10. The molecule has 58 heavy (non-hydrogen) atoms. The molecule has 0 saturated heterocycles. The monoisotopic (exact) mass is 832 g/mol. The second-order valence-electron chi connectivity index (χ2n) is 15.9. The summed E-state index contributed by atoms with van der Waals surface area (Å²) in [5.41, 5.74) is 5.41. The van der Waals surface area contributed by atoms with Crippen LogP contribution in [0.25, 0.3) is 0 Å². The summed E-state index contributed by atoms with van der Waals surface area (Å²) in [6, 6.07) is 0. The van der Waals surface area contributed by atoms with Crippen molar-refractivity contribution in [2.75, 3.05) is 92.4 Å². The molecule has 0 heterocycles. The maximum atomic E-state index is 12.4. The molecule has 0 amide bonds. The number of hydrogen-bond acceptors (Lipinski definition) is 11. The number of hydrogen-bond donors (Lipinski definition) is 1. The van der Waals surface area contributed by atoms with Crippen molar-refractivity contribution in [1.82, 2.24) is 0 Å². The minimum absolute atomic E-state index is 0.0412. The fourth-order valence-corrected chi connectivity index (χ4v) is 6.61. The third-order valence-electron chi connectivity index (χ3n) is 10.5. The molecule has 0 spiro atoms. The van der Waals surface area contributed by atoms with Crippen molar-refractivity contribution in [3.8, 4) is 0 Å². The minimum atomic E-state index is -0.139. The van der Waals surface area contributed by atoms with E-state index >= 15 is 0 Å². The predicted molar refractivity (Wildman–Crippen MR) is 235 cm³/mol. The second kappa shape index (κ2) is 46.7. The number of nitrogens with two attached hydrogens (primary N) is 1. The van der Waals surface area contributed by atoms with Gasteiger partial charge in [-0.05, 0) is 56.8 Å². The van der Waals surface area contributed by atoms with Gasteiger partial charge in [0.25, 0.3) is 0 Å². The first kappa shape index (κ1) is 56.7. The van der Waals surface area contributed by atoms with Crippen LogP contribution in [0.15, 0.2) is 0 Å². The lowest BCUT2D eigenvalue weighted by Crippen LogP contribution is -2.27. The molecule has 2 atom stereocenters. The molecule has 11 heteroatoms. The summed E-state index contributed by atoms with van der Waals surface area (Å²) in [7, 11) is 0. The van der Waals surface area contributed by atoms with Crippen LogP contribution in [0.4, 0.5) is 0 Å². The molecule has 0 bridgehead atoms. The average molecular weight is 832 g/mol. The fraction of sp³-hybridized carbons (Fsp3) is 0.957. The first-order valence-electron chi connectivity index (χ1n) is 24.0. The zero-order chi connectivity index (χ0) is 42.4. The average Bonchev–Trinajstić information content (AvgIpc) is 3.23. The fourth-order valence-electron chi connectivity index (χ4n) is 6.61. The Bertz CT molecular complexity index is 840. The van der Waals surface area contributed by atoms with Gasteiger partial charge in [-0.25, -0.2) is 0 Å². The van der Waals surface area contributed by atoms with E-state index < -0.39 is 0 Å². The summed E-state index contributed by atoms with van der Waals surface area (Å²) in [5, 5.41) is 0. The summed E-state index contributed by atoms with van der Waals surface area (Å²) in [6.07, 6.45) is 25.3. The molecule has 0 aliphatic carbocycles. The third-order valence-corrected chi connectivity index (χ3v) is 10.5. The number of unbranched alkanes of at least 4 members (excludes halogenated alkanes) is 13. The highest BCUT2D eigenvalue weighted by Gasteiger charge is 2.14. The summed E-state index contributed by atoms with van der Waals surface area (Å²) in [4.78, 5) is 24.6. The van der Waals surface area contributed by atoms with Gasteiger partial charge in [-0.3, -0.25) is 9.59 Å². The Morgan fingerprint density at radius 1 is 0.414 bits per heavy atom. The van der Waals surface area contributed by atoms with E-state index in [-0.39, 0.29) is 18.0 Å². The normalized spacial score (nSPS) is 12.7. The zero-order valence-corrected chi connectivity index (χ0v) is 38.3. The topological polar surface area (TPSA) is 134 Å². The van der Waals surface area contributed by atoms with Gasteiger partial charge in [-0.1, -0.05) is 124 Å². The minimum Gasteiger partial charge on any atom is -0.465 e. The van der Waals surface area contributed by atoms with Gasteiger partial charge in [0, 0.05) is 32.6 Å². The molecule has 0 radical (unpaired) electrons. The third kappa shape index (κ3) is 41.4. The van der Waals surface area contributed by atoms with Gasteiger partial charge in [-0.15, -0.1) is 0 Å². The van der Waals surface area contributed by atoms with E-state index in [0.29, 0.717) is 117 Å². The van der Waals surface area contributed by atoms with Gasteiger partial charge in [0.05, 0.1) is 72.7 Å². The molecule has 0 aliphatic rings. The molecule has 2 unspecified atom stereocenters. The maximum Gasteiger partial charge on any atom is 0.305 e. The van der Waals surface area contributed by atoms with Crippen LogP contribution in [0.2, 0.25) is 0 Å². The van der Waals surface area contributed by atoms with Gasteiger partial charge >= 0.3 is 11.9 Å². The van der Waals surface area contributed by atoms with Crippen molar-refractivity contribution >= 4 is 11.9 Å². The van der Waals surface area contributed by atoms with Crippen LogP contribution in [0.5, 0.6) is 0 Å². The molecule has 0 aliphatic heterocycles. The summed E-state index contributed by atoms with van der Waals surface area (Å²) in [6.45, 7) is 16.4. The Kier molecular flexibility index (Phi) is 45.6. The Morgan fingerprint density at radius 2 is 0.845 bits per heavy atom. The van der Waals surface area contributed by atoms with E-state index in [1.807, 2.05) is 0 Å². The zero-order valence-electron chi connectivity index (χ0n) is 38.3. The Balaban J connectivity index is 4.29. The van der Waals surface area contributed by atoms with Crippen molar-refractivity contribution in [2.45, 2.75) is 188 Å². The lowest BCUT2D eigenvalue weighted by molar-refractivity contribution is -0.146. The van der Waals surface area contributed by atoms with Crippen LogP contribution in [0, 0.1) is 11.8 Å². The molecule has 0 saturated carbocycles. The van der Waals surface area contributed by atoms with Gasteiger partial charge in [0.15, 0.2) is 0 Å². The van der Waals surface area contributed by atoms with E-state index in [2.05, 4.69) is 27.7 Å². The van der Waals surface area contributed by atoms with Gasteiger partial charge in [0.2, 0.25) is 0 Å². The highest BCUT2D eigenvalue weighted by molar-refractivity contribution is 5.69. The summed E-state index contributed by atoms with van der Waals surface area (Å²) >= 11 is 0. The van der Waals surface area contributed by atoms with Crippen molar-refractivity contribution < 1.29 is 47.5 Å². The van der Waals surface area contributed by atoms with Crippen molar-refractivity contribution in [3.63, 3.8) is 0 Å². The van der Waals surface area contributed by atoms with Gasteiger partial charge in [0.1, 0.15) is 6.10 Å². The van der Waals surface area contributed by atoms with E-state index in [0.717, 1.165) is 77.0 Å². The van der Waals surface area contributed by atoms with Crippen LogP contribution < -0.4 is 5.73 Å². The number of rotatable bonds is 48. The van der Waals surface area contributed by atoms with E-state index in [4.69, 9.17) is 43.6 Å². The quantitative estimate of drug-likeness (QED) is 0.0464. The largest absolute Gasteiger partial charge is 0.465 e. The molecule has 0 aromatic heterocycles. The van der Waals surface area contributed by atoms with Gasteiger partial charge < -0.3 is 43.6 Å². The number of carbonyl (C=O) groups excluding carboxylic acids is 2. The van der Waals surface area contributed by atoms with E-state index in [9.17, 15) is 9.59 Å². The molecular weight excluding hydrogens is 739 g/mol. The van der Waals surface area contributed by atoms with Crippen LogP contribution in [-0.4, -0.2) is 110 Å². The Morgan fingerprint density at radius 3 is 1.36 bits per heavy atom. The number of esters is 2. The predicted octanol–water partition coefficient (Wildman–Crippen LogP) is 10.2. The number of ether oxygens (including phenoxy) is 8. The lowest BCUT2D eigenvalue weighted by atomic mass is 9.96. The standard InChI is InChI=1S/C47H93NO10/c1-5-9-18-25-44(26-19-10-6-2)40-58-47(50)28-21-15-13-17-23-31-56-45(42-55-38-37-53-36-35-52-34-33-51-32-29-48)41-54-30-22-16-12-14-20-27-46(49)57-39-43(8-4)24-11-7-3/h43-45H,5-42,48H2,1-4H3. The molecule has 11 nitrogen and oxygen atoms in total. The smallest absolute Gasteiger partial charge is 0.305 e. The lowest BCUT2D eigenvalue weighted by Gasteiger charge is -2.18. The first-order chi connectivity index (χ1) is 28.5. The maximum absolute atomic E-state index is 12.4.